The van der Waals surface area contributed by atoms with Crippen LogP contribution in [0.4, 0.5) is 0 Å². The van der Waals surface area contributed by atoms with Crippen LogP contribution in [0.5, 0.6) is 0 Å². The molecule has 3 rings (SSSR count). The highest BCUT2D eigenvalue weighted by molar-refractivity contribution is 7.91. The van der Waals surface area contributed by atoms with E-state index in [9.17, 15) is 18.0 Å². The van der Waals surface area contributed by atoms with Gasteiger partial charge in [0.2, 0.25) is 0 Å². The summed E-state index contributed by atoms with van der Waals surface area (Å²) in [6.45, 7) is 2.46. The lowest BCUT2D eigenvalue weighted by Crippen LogP contribution is -2.44. The van der Waals surface area contributed by atoms with Crippen LogP contribution in [0.15, 0.2) is 24.3 Å². The number of esters is 1. The van der Waals surface area contributed by atoms with Crippen LogP contribution in [0, 0.1) is 0 Å². The first kappa shape index (κ1) is 20.7. The summed E-state index contributed by atoms with van der Waals surface area (Å²) in [5.41, 5.74) is 0.895. The number of rotatable bonds is 6. The Morgan fingerprint density at radius 1 is 1.29 bits per heavy atom. The average molecular weight is 426 g/mol. The van der Waals surface area contributed by atoms with E-state index in [1.807, 2.05) is 24.3 Å². The van der Waals surface area contributed by atoms with Crippen molar-refractivity contribution in [3.05, 3.63) is 29.3 Å². The zero-order chi connectivity index (χ0) is 20.3. The van der Waals surface area contributed by atoms with Crippen LogP contribution in [-0.4, -0.2) is 79.4 Å². The molecule has 1 aromatic carbocycles. The van der Waals surface area contributed by atoms with E-state index in [0.717, 1.165) is 15.2 Å². The summed E-state index contributed by atoms with van der Waals surface area (Å²) in [6, 6.07) is 7.76. The van der Waals surface area contributed by atoms with Gasteiger partial charge < -0.3 is 9.64 Å². The summed E-state index contributed by atoms with van der Waals surface area (Å²) < 4.78 is 29.2. The Morgan fingerprint density at radius 3 is 2.64 bits per heavy atom. The number of hydrogen-bond donors (Lipinski definition) is 0. The van der Waals surface area contributed by atoms with E-state index in [0.29, 0.717) is 19.6 Å². The van der Waals surface area contributed by atoms with Crippen molar-refractivity contribution in [3.8, 4) is 0 Å². The number of sulfone groups is 1. The SMILES string of the molecule is CC(OC(=O)CN1CCS(=O)(=O)CC1)C(=O)N(C)Cc1nc2ccccc2s1. The lowest BCUT2D eigenvalue weighted by atomic mass is 10.3. The number of amides is 1. The first-order valence-electron chi connectivity index (χ1n) is 8.95. The minimum Gasteiger partial charge on any atom is -0.452 e. The molecule has 1 aliphatic rings. The Labute approximate surface area is 168 Å². The molecule has 0 aliphatic carbocycles. The van der Waals surface area contributed by atoms with Gasteiger partial charge in [-0.05, 0) is 19.1 Å². The predicted octanol–water partition coefficient (Wildman–Crippen LogP) is 0.917. The van der Waals surface area contributed by atoms with Gasteiger partial charge in [0, 0.05) is 20.1 Å². The maximum Gasteiger partial charge on any atom is 0.320 e. The first-order valence-corrected chi connectivity index (χ1v) is 11.6. The molecule has 0 saturated carbocycles. The van der Waals surface area contributed by atoms with Crippen molar-refractivity contribution in [3.63, 3.8) is 0 Å². The molecule has 1 aromatic heterocycles. The Bertz CT molecular complexity index is 926. The monoisotopic (exact) mass is 425 g/mol. The zero-order valence-electron chi connectivity index (χ0n) is 15.8. The minimum absolute atomic E-state index is 0.0191. The Kier molecular flexibility index (Phi) is 6.31. The third-order valence-electron chi connectivity index (χ3n) is 4.53. The van der Waals surface area contributed by atoms with E-state index in [1.54, 1.807) is 11.9 Å². The highest BCUT2D eigenvalue weighted by atomic mass is 32.2. The van der Waals surface area contributed by atoms with Crippen molar-refractivity contribution >= 4 is 43.3 Å². The second-order valence-corrected chi connectivity index (χ2v) is 10.2. The third-order valence-corrected chi connectivity index (χ3v) is 7.16. The minimum atomic E-state index is -3.00. The molecule has 1 atom stereocenters. The zero-order valence-corrected chi connectivity index (χ0v) is 17.5. The Balaban J connectivity index is 1.49. The van der Waals surface area contributed by atoms with Gasteiger partial charge in [0.25, 0.3) is 5.91 Å². The van der Waals surface area contributed by atoms with E-state index in [2.05, 4.69) is 4.98 Å². The largest absolute Gasteiger partial charge is 0.452 e. The summed E-state index contributed by atoms with van der Waals surface area (Å²) in [5, 5.41) is 0.810. The molecule has 0 bridgehead atoms. The number of carbonyl (C=O) groups is 2. The van der Waals surface area contributed by atoms with Gasteiger partial charge in [-0.2, -0.15) is 0 Å². The lowest BCUT2D eigenvalue weighted by Gasteiger charge is -2.26. The van der Waals surface area contributed by atoms with Crippen LogP contribution in [0.25, 0.3) is 10.2 Å². The maximum atomic E-state index is 12.5. The van der Waals surface area contributed by atoms with Crippen molar-refractivity contribution in [1.29, 1.82) is 0 Å². The van der Waals surface area contributed by atoms with E-state index in [4.69, 9.17) is 4.74 Å². The van der Waals surface area contributed by atoms with Gasteiger partial charge >= 0.3 is 5.97 Å². The molecule has 2 heterocycles. The van der Waals surface area contributed by atoms with Gasteiger partial charge in [0.15, 0.2) is 15.9 Å². The molecule has 0 radical (unpaired) electrons. The van der Waals surface area contributed by atoms with Crippen LogP contribution in [0.2, 0.25) is 0 Å². The fourth-order valence-corrected chi connectivity index (χ4v) is 5.25. The standard InChI is InChI=1S/C18H23N3O5S2/c1-13(26-17(22)12-21-7-9-28(24,25)10-8-21)18(23)20(2)11-16-19-14-5-3-4-6-15(14)27-16/h3-6,13H,7-12H2,1-2H3. The van der Waals surface area contributed by atoms with E-state index in [-0.39, 0.29) is 24.0 Å². The molecule has 1 unspecified atom stereocenters. The van der Waals surface area contributed by atoms with Crippen LogP contribution < -0.4 is 0 Å². The molecule has 8 nitrogen and oxygen atoms in total. The highest BCUT2D eigenvalue weighted by Crippen LogP contribution is 2.22. The van der Waals surface area contributed by atoms with Gasteiger partial charge in [-0.15, -0.1) is 11.3 Å². The Hall–Kier alpha value is -2.04. The molecular formula is C18H23N3O5S2. The van der Waals surface area contributed by atoms with Crippen LogP contribution in [0.1, 0.15) is 11.9 Å². The van der Waals surface area contributed by atoms with Crippen molar-refractivity contribution in [2.75, 3.05) is 38.2 Å². The van der Waals surface area contributed by atoms with Crippen LogP contribution >= 0.6 is 11.3 Å². The number of thiazole rings is 1. The molecular weight excluding hydrogens is 402 g/mol. The number of hydrogen-bond acceptors (Lipinski definition) is 8. The summed E-state index contributed by atoms with van der Waals surface area (Å²) >= 11 is 1.52. The second-order valence-electron chi connectivity index (χ2n) is 6.83. The molecule has 2 aromatic rings. The molecule has 1 fully saturated rings. The summed E-state index contributed by atoms with van der Waals surface area (Å²) in [7, 11) is -1.35. The number of ether oxygens (including phenoxy) is 1. The number of aromatic nitrogens is 1. The van der Waals surface area contributed by atoms with Gasteiger partial charge in [-0.25, -0.2) is 13.4 Å². The molecule has 1 saturated heterocycles. The van der Waals surface area contributed by atoms with Gasteiger partial charge in [0.1, 0.15) is 5.01 Å². The lowest BCUT2D eigenvalue weighted by molar-refractivity contribution is -0.159. The number of likely N-dealkylation sites (N-methyl/N-ethyl adjacent to an activating group) is 1. The first-order chi connectivity index (χ1) is 13.2. The van der Waals surface area contributed by atoms with E-state index < -0.39 is 21.9 Å². The molecule has 152 valence electrons. The van der Waals surface area contributed by atoms with Crippen LogP contribution in [-0.2, 0) is 30.7 Å². The number of carbonyl (C=O) groups excluding carboxylic acids is 2. The number of para-hydroxylation sites is 1. The maximum absolute atomic E-state index is 12.5. The topological polar surface area (TPSA) is 96.9 Å². The third kappa shape index (κ3) is 5.27. The van der Waals surface area contributed by atoms with Gasteiger partial charge in [0.05, 0.1) is 34.8 Å². The number of benzene rings is 1. The predicted molar refractivity (Wildman–Crippen MR) is 107 cm³/mol. The number of fused-ring (bicyclic) bond motifs is 1. The second kappa shape index (κ2) is 8.54. The molecule has 0 spiro atoms. The number of nitrogens with zero attached hydrogens (tertiary/aromatic N) is 3. The average Bonchev–Trinajstić information content (AvgIpc) is 3.04. The van der Waals surface area contributed by atoms with Crippen molar-refractivity contribution < 1.29 is 22.7 Å². The van der Waals surface area contributed by atoms with E-state index >= 15 is 0 Å². The normalized spacial score (nSPS) is 17.9. The molecule has 10 heteroatoms. The summed E-state index contributed by atoms with van der Waals surface area (Å²) in [4.78, 5) is 32.3. The quantitative estimate of drug-likeness (QED) is 0.635. The molecule has 0 N–H and O–H groups in total. The molecule has 28 heavy (non-hydrogen) atoms. The fraction of sp³-hybridized carbons (Fsp3) is 0.500. The summed E-state index contributed by atoms with van der Waals surface area (Å²) in [6.07, 6.45) is -0.916. The van der Waals surface area contributed by atoms with Gasteiger partial charge in [-0.1, -0.05) is 12.1 Å². The summed E-state index contributed by atoms with van der Waals surface area (Å²) in [5.74, 6) is -0.762. The van der Waals surface area contributed by atoms with Crippen molar-refractivity contribution in [2.45, 2.75) is 19.6 Å². The fourth-order valence-electron chi connectivity index (χ4n) is 2.95. The van der Waals surface area contributed by atoms with E-state index in [1.165, 1.54) is 23.2 Å². The smallest absolute Gasteiger partial charge is 0.320 e. The van der Waals surface area contributed by atoms with Crippen molar-refractivity contribution in [2.24, 2.45) is 0 Å². The molecule has 1 aliphatic heterocycles. The molecule has 1 amide bonds. The Morgan fingerprint density at radius 2 is 1.96 bits per heavy atom. The van der Waals surface area contributed by atoms with Crippen molar-refractivity contribution in [1.82, 2.24) is 14.8 Å². The van der Waals surface area contributed by atoms with Crippen LogP contribution in [0.3, 0.4) is 0 Å². The van der Waals surface area contributed by atoms with Gasteiger partial charge in [-0.3, -0.25) is 14.5 Å². The highest BCUT2D eigenvalue weighted by Gasteiger charge is 2.26.